The summed E-state index contributed by atoms with van der Waals surface area (Å²) in [5.74, 6) is 0.0691. The van der Waals surface area contributed by atoms with Crippen LogP contribution in [-0.4, -0.2) is 79.4 Å². The first-order valence-electron chi connectivity index (χ1n) is 8.82. The third-order valence-electron chi connectivity index (χ3n) is 4.51. The van der Waals surface area contributed by atoms with Crippen LogP contribution in [0.25, 0.3) is 0 Å². The summed E-state index contributed by atoms with van der Waals surface area (Å²) in [6.07, 6.45) is 2.07. The van der Waals surface area contributed by atoms with Gasteiger partial charge in [0.05, 0.1) is 19.3 Å². The summed E-state index contributed by atoms with van der Waals surface area (Å²) in [5, 5.41) is 2.65. The van der Waals surface area contributed by atoms with Gasteiger partial charge in [-0.15, -0.1) is 0 Å². The Morgan fingerprint density at radius 2 is 2.00 bits per heavy atom. The molecular weight excluding hydrogens is 310 g/mol. The van der Waals surface area contributed by atoms with Crippen LogP contribution in [0.15, 0.2) is 0 Å². The van der Waals surface area contributed by atoms with Gasteiger partial charge in [0.25, 0.3) is 0 Å². The van der Waals surface area contributed by atoms with Gasteiger partial charge in [-0.2, -0.15) is 0 Å². The number of hydrogen-bond acceptors (Lipinski definition) is 5. The highest BCUT2D eigenvalue weighted by molar-refractivity contribution is 5.77. The van der Waals surface area contributed by atoms with Gasteiger partial charge < -0.3 is 24.6 Å². The fourth-order valence-electron chi connectivity index (χ4n) is 3.40. The van der Waals surface area contributed by atoms with Crippen LogP contribution in [0.1, 0.15) is 40.0 Å². The van der Waals surface area contributed by atoms with Gasteiger partial charge in [-0.25, -0.2) is 4.79 Å². The number of ether oxygens (including phenoxy) is 2. The van der Waals surface area contributed by atoms with E-state index in [1.165, 1.54) is 6.42 Å². The highest BCUT2D eigenvalue weighted by atomic mass is 16.6. The zero-order valence-corrected chi connectivity index (χ0v) is 15.3. The Morgan fingerprint density at radius 1 is 1.25 bits per heavy atom. The van der Waals surface area contributed by atoms with E-state index in [0.29, 0.717) is 32.3 Å². The molecule has 0 unspecified atom stereocenters. The molecule has 2 fully saturated rings. The summed E-state index contributed by atoms with van der Waals surface area (Å²) in [4.78, 5) is 28.5. The third kappa shape index (κ3) is 5.34. The van der Waals surface area contributed by atoms with E-state index < -0.39 is 11.7 Å². The number of amides is 2. The van der Waals surface area contributed by atoms with E-state index in [1.807, 2.05) is 25.7 Å². The number of carbonyl (C=O) groups is 2. The second-order valence-corrected chi connectivity index (χ2v) is 7.60. The van der Waals surface area contributed by atoms with Crippen LogP contribution in [-0.2, 0) is 14.3 Å². The summed E-state index contributed by atoms with van der Waals surface area (Å²) in [6, 6.07) is 0.480. The molecule has 0 aromatic carbocycles. The summed E-state index contributed by atoms with van der Waals surface area (Å²) < 4.78 is 10.8. The first-order chi connectivity index (χ1) is 11.3. The Morgan fingerprint density at radius 3 is 2.62 bits per heavy atom. The number of carbonyl (C=O) groups excluding carboxylic acids is 2. The van der Waals surface area contributed by atoms with E-state index in [2.05, 4.69) is 17.3 Å². The molecule has 24 heavy (non-hydrogen) atoms. The SMILES string of the molecule is CN1CCC[C@@H]1[C@@H]1COCCN1C(=O)CCNC(=O)OC(C)(C)C. The largest absolute Gasteiger partial charge is 0.444 e. The minimum atomic E-state index is -0.531. The molecule has 2 aliphatic heterocycles. The number of rotatable bonds is 4. The van der Waals surface area contributed by atoms with Gasteiger partial charge in [0.2, 0.25) is 5.91 Å². The van der Waals surface area contributed by atoms with Crippen molar-refractivity contribution < 1.29 is 19.1 Å². The second kappa shape index (κ2) is 8.16. The van der Waals surface area contributed by atoms with Crippen LogP contribution >= 0.6 is 0 Å². The molecule has 7 nitrogen and oxygen atoms in total. The third-order valence-corrected chi connectivity index (χ3v) is 4.51. The van der Waals surface area contributed by atoms with Crippen molar-refractivity contribution in [3.05, 3.63) is 0 Å². The standard InChI is InChI=1S/C17H31N3O4/c1-17(2,3)24-16(22)18-8-7-15(21)20-10-11-23-12-14(20)13-6-5-9-19(13)4/h13-14H,5-12H2,1-4H3,(H,18,22)/t13-,14+/m1/s1. The number of morpholine rings is 1. The summed E-state index contributed by atoms with van der Waals surface area (Å²) >= 11 is 0. The van der Waals surface area contributed by atoms with Gasteiger partial charge in [-0.3, -0.25) is 4.79 Å². The quantitative estimate of drug-likeness (QED) is 0.833. The lowest BCUT2D eigenvalue weighted by atomic mass is 10.0. The number of likely N-dealkylation sites (N-methyl/N-ethyl adjacent to an activating group) is 1. The number of likely N-dealkylation sites (tertiary alicyclic amines) is 1. The minimum absolute atomic E-state index is 0.0691. The molecule has 2 aliphatic rings. The lowest BCUT2D eigenvalue weighted by Gasteiger charge is -2.41. The summed E-state index contributed by atoms with van der Waals surface area (Å²) in [5.41, 5.74) is -0.531. The van der Waals surface area contributed by atoms with E-state index in [0.717, 1.165) is 13.0 Å². The molecule has 2 amide bonds. The Labute approximate surface area is 144 Å². The van der Waals surface area contributed by atoms with Gasteiger partial charge in [0.1, 0.15) is 5.60 Å². The fraction of sp³-hybridized carbons (Fsp3) is 0.882. The highest BCUT2D eigenvalue weighted by Crippen LogP contribution is 2.24. The monoisotopic (exact) mass is 341 g/mol. The van der Waals surface area contributed by atoms with Crippen molar-refractivity contribution in [2.45, 2.75) is 57.7 Å². The lowest BCUT2D eigenvalue weighted by molar-refractivity contribution is -0.142. The van der Waals surface area contributed by atoms with Crippen LogP contribution in [0.3, 0.4) is 0 Å². The lowest BCUT2D eigenvalue weighted by Crippen LogP contribution is -2.57. The Kier molecular flexibility index (Phi) is 6.46. The van der Waals surface area contributed by atoms with Gasteiger partial charge in [-0.1, -0.05) is 0 Å². The Balaban J connectivity index is 1.82. The zero-order valence-electron chi connectivity index (χ0n) is 15.3. The maximum absolute atomic E-state index is 12.6. The molecule has 7 heteroatoms. The predicted molar refractivity (Wildman–Crippen MR) is 90.8 cm³/mol. The van der Waals surface area contributed by atoms with Crippen molar-refractivity contribution in [1.82, 2.24) is 15.1 Å². The average molecular weight is 341 g/mol. The zero-order chi connectivity index (χ0) is 17.7. The molecule has 0 saturated carbocycles. The van der Waals surface area contributed by atoms with Gasteiger partial charge in [0, 0.05) is 25.6 Å². The summed E-state index contributed by atoms with van der Waals surface area (Å²) in [7, 11) is 2.11. The molecule has 2 saturated heterocycles. The summed E-state index contributed by atoms with van der Waals surface area (Å²) in [6.45, 7) is 8.61. The first-order valence-corrected chi connectivity index (χ1v) is 8.82. The van der Waals surface area contributed by atoms with Crippen LogP contribution in [0, 0.1) is 0 Å². The maximum atomic E-state index is 12.6. The molecule has 138 valence electrons. The number of hydrogen-bond donors (Lipinski definition) is 1. The van der Waals surface area contributed by atoms with E-state index in [-0.39, 0.29) is 18.4 Å². The molecule has 0 aliphatic carbocycles. The van der Waals surface area contributed by atoms with Crippen molar-refractivity contribution in [2.24, 2.45) is 0 Å². The first kappa shape index (κ1) is 19.0. The van der Waals surface area contributed by atoms with Crippen molar-refractivity contribution >= 4 is 12.0 Å². The molecule has 1 N–H and O–H groups in total. The van der Waals surface area contributed by atoms with Crippen LogP contribution in [0.4, 0.5) is 4.79 Å². The Bertz CT molecular complexity index is 450. The molecule has 2 rings (SSSR count). The Hall–Kier alpha value is -1.34. The highest BCUT2D eigenvalue weighted by Gasteiger charge is 2.37. The number of alkyl carbamates (subject to hydrolysis) is 1. The molecule has 0 aromatic heterocycles. The van der Waals surface area contributed by atoms with Crippen molar-refractivity contribution in [3.63, 3.8) is 0 Å². The molecular formula is C17H31N3O4. The number of nitrogens with one attached hydrogen (secondary N) is 1. The topological polar surface area (TPSA) is 71.1 Å². The van der Waals surface area contributed by atoms with E-state index in [9.17, 15) is 9.59 Å². The molecule has 2 heterocycles. The normalized spacial score (nSPS) is 25.6. The predicted octanol–water partition coefficient (Wildman–Crippen LogP) is 1.22. The minimum Gasteiger partial charge on any atom is -0.444 e. The molecule has 0 bridgehead atoms. The molecule has 0 radical (unpaired) electrons. The van der Waals surface area contributed by atoms with Crippen molar-refractivity contribution in [1.29, 1.82) is 0 Å². The van der Waals surface area contributed by atoms with E-state index >= 15 is 0 Å². The number of nitrogens with zero attached hydrogens (tertiary/aromatic N) is 2. The van der Waals surface area contributed by atoms with Gasteiger partial charge in [0.15, 0.2) is 0 Å². The smallest absolute Gasteiger partial charge is 0.407 e. The molecule has 0 spiro atoms. The van der Waals surface area contributed by atoms with E-state index in [1.54, 1.807) is 0 Å². The fourth-order valence-corrected chi connectivity index (χ4v) is 3.40. The van der Waals surface area contributed by atoms with Crippen molar-refractivity contribution in [2.75, 3.05) is 39.9 Å². The average Bonchev–Trinajstić information content (AvgIpc) is 2.91. The molecule has 2 atom stereocenters. The molecule has 0 aromatic rings. The van der Waals surface area contributed by atoms with Crippen LogP contribution in [0.5, 0.6) is 0 Å². The van der Waals surface area contributed by atoms with Crippen LogP contribution < -0.4 is 5.32 Å². The van der Waals surface area contributed by atoms with Gasteiger partial charge >= 0.3 is 6.09 Å². The van der Waals surface area contributed by atoms with Crippen molar-refractivity contribution in [3.8, 4) is 0 Å². The van der Waals surface area contributed by atoms with Gasteiger partial charge in [-0.05, 0) is 47.2 Å². The second-order valence-electron chi connectivity index (χ2n) is 7.60. The van der Waals surface area contributed by atoms with Crippen LogP contribution in [0.2, 0.25) is 0 Å². The maximum Gasteiger partial charge on any atom is 0.407 e. The van der Waals surface area contributed by atoms with E-state index in [4.69, 9.17) is 9.47 Å².